The topological polar surface area (TPSA) is 38.7 Å². The maximum absolute atomic E-state index is 4.18. The van der Waals surface area contributed by atoms with Gasteiger partial charge in [0.15, 0.2) is 0 Å². The van der Waals surface area contributed by atoms with Gasteiger partial charge >= 0.3 is 0 Å². The standard InChI is InChI=1S/C10H17N3/c1-3-5-6-9(4-2)10-12-7-11-8-13-10/h7-9H,3-6H2,1-2H3. The molecule has 0 aliphatic heterocycles. The number of nitrogens with zero attached hydrogens (tertiary/aromatic N) is 3. The lowest BCUT2D eigenvalue weighted by molar-refractivity contribution is 0.540. The molecule has 3 heteroatoms. The van der Waals surface area contributed by atoms with Crippen LogP contribution in [0.4, 0.5) is 0 Å². The summed E-state index contributed by atoms with van der Waals surface area (Å²) in [5.41, 5.74) is 0. The van der Waals surface area contributed by atoms with Crippen molar-refractivity contribution in [2.24, 2.45) is 0 Å². The highest BCUT2D eigenvalue weighted by atomic mass is 15.0. The van der Waals surface area contributed by atoms with Crippen molar-refractivity contribution in [2.75, 3.05) is 0 Å². The van der Waals surface area contributed by atoms with Crippen molar-refractivity contribution < 1.29 is 0 Å². The van der Waals surface area contributed by atoms with Crippen molar-refractivity contribution in [3.63, 3.8) is 0 Å². The van der Waals surface area contributed by atoms with E-state index in [-0.39, 0.29) is 0 Å². The normalized spacial score (nSPS) is 12.8. The fourth-order valence-electron chi connectivity index (χ4n) is 1.43. The lowest BCUT2D eigenvalue weighted by Gasteiger charge is -2.11. The summed E-state index contributed by atoms with van der Waals surface area (Å²) < 4.78 is 0. The molecule has 0 radical (unpaired) electrons. The van der Waals surface area contributed by atoms with Gasteiger partial charge in [-0.15, -0.1) is 0 Å². The molecule has 0 spiro atoms. The summed E-state index contributed by atoms with van der Waals surface area (Å²) in [7, 11) is 0. The largest absolute Gasteiger partial charge is 0.225 e. The van der Waals surface area contributed by atoms with Gasteiger partial charge in [0.05, 0.1) is 0 Å². The Hall–Kier alpha value is -0.990. The molecule has 1 heterocycles. The Morgan fingerprint density at radius 1 is 1.23 bits per heavy atom. The molecule has 72 valence electrons. The minimum absolute atomic E-state index is 0.517. The monoisotopic (exact) mass is 179 g/mol. The summed E-state index contributed by atoms with van der Waals surface area (Å²) in [4.78, 5) is 12.2. The first-order chi connectivity index (χ1) is 6.38. The molecule has 0 fully saturated rings. The van der Waals surface area contributed by atoms with Crippen LogP contribution in [0.3, 0.4) is 0 Å². The first kappa shape index (κ1) is 10.1. The molecular weight excluding hydrogens is 162 g/mol. The van der Waals surface area contributed by atoms with E-state index in [1.165, 1.54) is 19.3 Å². The van der Waals surface area contributed by atoms with E-state index in [4.69, 9.17) is 0 Å². The third-order valence-electron chi connectivity index (χ3n) is 2.28. The molecule has 0 aliphatic carbocycles. The number of unbranched alkanes of at least 4 members (excludes halogenated alkanes) is 1. The Morgan fingerprint density at radius 2 is 1.92 bits per heavy atom. The van der Waals surface area contributed by atoms with Crippen LogP contribution < -0.4 is 0 Å². The zero-order valence-electron chi connectivity index (χ0n) is 8.40. The Bertz CT molecular complexity index is 223. The van der Waals surface area contributed by atoms with Crippen LogP contribution in [0.2, 0.25) is 0 Å². The van der Waals surface area contributed by atoms with Crippen molar-refractivity contribution in [1.82, 2.24) is 15.0 Å². The van der Waals surface area contributed by atoms with Gasteiger partial charge in [-0.2, -0.15) is 0 Å². The average Bonchev–Trinajstić information content (AvgIpc) is 2.21. The predicted octanol–water partition coefficient (Wildman–Crippen LogP) is 2.56. The van der Waals surface area contributed by atoms with E-state index in [9.17, 15) is 0 Å². The van der Waals surface area contributed by atoms with E-state index in [1.807, 2.05) is 0 Å². The first-order valence-electron chi connectivity index (χ1n) is 5.00. The van der Waals surface area contributed by atoms with Gasteiger partial charge in [0.2, 0.25) is 0 Å². The molecule has 1 unspecified atom stereocenters. The maximum atomic E-state index is 4.18. The molecule has 0 bridgehead atoms. The molecule has 1 aromatic rings. The summed E-state index contributed by atoms with van der Waals surface area (Å²) in [6.45, 7) is 4.39. The fraction of sp³-hybridized carbons (Fsp3) is 0.700. The quantitative estimate of drug-likeness (QED) is 0.697. The van der Waals surface area contributed by atoms with E-state index in [0.29, 0.717) is 5.92 Å². The summed E-state index contributed by atoms with van der Waals surface area (Å²) in [6.07, 6.45) is 7.96. The van der Waals surface area contributed by atoms with Crippen molar-refractivity contribution in [3.05, 3.63) is 18.5 Å². The van der Waals surface area contributed by atoms with Crippen LogP contribution >= 0.6 is 0 Å². The van der Waals surface area contributed by atoms with Gasteiger partial charge in [0.25, 0.3) is 0 Å². The average molecular weight is 179 g/mol. The molecule has 1 aromatic heterocycles. The van der Waals surface area contributed by atoms with Gasteiger partial charge in [-0.3, -0.25) is 0 Å². The third-order valence-corrected chi connectivity index (χ3v) is 2.28. The maximum Gasteiger partial charge on any atom is 0.135 e. The van der Waals surface area contributed by atoms with Crippen molar-refractivity contribution in [2.45, 2.75) is 45.4 Å². The molecule has 0 amide bonds. The second kappa shape index (κ2) is 5.62. The van der Waals surface area contributed by atoms with E-state index in [1.54, 1.807) is 12.7 Å². The third kappa shape index (κ3) is 3.09. The van der Waals surface area contributed by atoms with Crippen LogP contribution in [0.5, 0.6) is 0 Å². The SMILES string of the molecule is CCCCC(CC)c1ncncn1. The van der Waals surface area contributed by atoms with Crippen LogP contribution in [-0.4, -0.2) is 15.0 Å². The van der Waals surface area contributed by atoms with Crippen molar-refractivity contribution in [3.8, 4) is 0 Å². The predicted molar refractivity (Wildman–Crippen MR) is 52.4 cm³/mol. The fourth-order valence-corrected chi connectivity index (χ4v) is 1.43. The van der Waals surface area contributed by atoms with Gasteiger partial charge in [-0.1, -0.05) is 26.7 Å². The smallest absolute Gasteiger partial charge is 0.135 e. The van der Waals surface area contributed by atoms with Gasteiger partial charge in [0, 0.05) is 5.92 Å². The minimum Gasteiger partial charge on any atom is -0.225 e. The van der Waals surface area contributed by atoms with Gasteiger partial charge in [-0.25, -0.2) is 15.0 Å². The Morgan fingerprint density at radius 3 is 2.46 bits per heavy atom. The summed E-state index contributed by atoms with van der Waals surface area (Å²) in [5, 5.41) is 0. The van der Waals surface area contributed by atoms with E-state index in [2.05, 4.69) is 28.8 Å². The Balaban J connectivity index is 2.56. The zero-order valence-corrected chi connectivity index (χ0v) is 8.40. The highest BCUT2D eigenvalue weighted by Gasteiger charge is 2.10. The molecular formula is C10H17N3. The lowest BCUT2D eigenvalue weighted by atomic mass is 9.99. The van der Waals surface area contributed by atoms with Crippen molar-refractivity contribution >= 4 is 0 Å². The number of hydrogen-bond acceptors (Lipinski definition) is 3. The molecule has 1 rings (SSSR count). The molecule has 0 saturated heterocycles. The van der Waals surface area contributed by atoms with Crippen LogP contribution in [0.15, 0.2) is 12.7 Å². The van der Waals surface area contributed by atoms with E-state index in [0.717, 1.165) is 12.2 Å². The molecule has 1 atom stereocenters. The summed E-state index contributed by atoms with van der Waals surface area (Å²) >= 11 is 0. The number of aromatic nitrogens is 3. The zero-order chi connectivity index (χ0) is 9.52. The van der Waals surface area contributed by atoms with E-state index >= 15 is 0 Å². The molecule has 0 aliphatic rings. The first-order valence-corrected chi connectivity index (χ1v) is 5.00. The van der Waals surface area contributed by atoms with Crippen LogP contribution in [0.25, 0.3) is 0 Å². The van der Waals surface area contributed by atoms with Crippen molar-refractivity contribution in [1.29, 1.82) is 0 Å². The Kier molecular flexibility index (Phi) is 4.36. The molecule has 3 nitrogen and oxygen atoms in total. The summed E-state index contributed by atoms with van der Waals surface area (Å²) in [5.74, 6) is 1.47. The highest BCUT2D eigenvalue weighted by Crippen LogP contribution is 2.21. The molecule has 13 heavy (non-hydrogen) atoms. The second-order valence-electron chi connectivity index (χ2n) is 3.24. The van der Waals surface area contributed by atoms with Gasteiger partial charge in [-0.05, 0) is 12.8 Å². The number of rotatable bonds is 5. The summed E-state index contributed by atoms with van der Waals surface area (Å²) in [6, 6.07) is 0. The molecule has 0 N–H and O–H groups in total. The van der Waals surface area contributed by atoms with Crippen LogP contribution in [-0.2, 0) is 0 Å². The van der Waals surface area contributed by atoms with Crippen LogP contribution in [0.1, 0.15) is 51.3 Å². The lowest BCUT2D eigenvalue weighted by Crippen LogP contribution is -2.03. The molecule has 0 aromatic carbocycles. The number of hydrogen-bond donors (Lipinski definition) is 0. The molecule has 0 saturated carbocycles. The second-order valence-corrected chi connectivity index (χ2v) is 3.24. The van der Waals surface area contributed by atoms with Crippen LogP contribution in [0, 0.1) is 0 Å². The highest BCUT2D eigenvalue weighted by molar-refractivity contribution is 4.92. The van der Waals surface area contributed by atoms with Gasteiger partial charge < -0.3 is 0 Å². The van der Waals surface area contributed by atoms with E-state index < -0.39 is 0 Å². The minimum atomic E-state index is 0.517. The Labute approximate surface area is 79.6 Å². The van der Waals surface area contributed by atoms with Gasteiger partial charge in [0.1, 0.15) is 18.5 Å².